The van der Waals surface area contributed by atoms with E-state index in [0.717, 1.165) is 0 Å². The van der Waals surface area contributed by atoms with Crippen LogP contribution >= 0.6 is 0 Å². The van der Waals surface area contributed by atoms with Crippen LogP contribution in [0.25, 0.3) is 0 Å². The summed E-state index contributed by atoms with van der Waals surface area (Å²) in [4.78, 5) is 23.3. The molecule has 9 heteroatoms. The van der Waals surface area contributed by atoms with Crippen LogP contribution < -0.4 is 5.32 Å². The zero-order valence-electron chi connectivity index (χ0n) is 12.5. The number of amides is 1. The van der Waals surface area contributed by atoms with Gasteiger partial charge in [0.25, 0.3) is 16.0 Å². The summed E-state index contributed by atoms with van der Waals surface area (Å²) >= 11 is 0. The first-order chi connectivity index (χ1) is 10.7. The Hall–Kier alpha value is -1.97. The first-order valence-corrected chi connectivity index (χ1v) is 8.50. The van der Waals surface area contributed by atoms with E-state index >= 15 is 0 Å². The molecule has 1 aromatic rings. The Morgan fingerprint density at radius 3 is 2.35 bits per heavy atom. The van der Waals surface area contributed by atoms with Gasteiger partial charge in [-0.3, -0.25) is 9.35 Å². The average molecular weight is 345 g/mol. The van der Waals surface area contributed by atoms with E-state index in [1.807, 2.05) is 6.92 Å². The molecular weight excluding hydrogens is 326 g/mol. The molecule has 1 rings (SSSR count). The van der Waals surface area contributed by atoms with Crippen LogP contribution in [0.15, 0.2) is 30.3 Å². The van der Waals surface area contributed by atoms with Gasteiger partial charge in [0.1, 0.15) is 11.8 Å². The topological polar surface area (TPSA) is 130 Å². The van der Waals surface area contributed by atoms with E-state index < -0.39 is 39.9 Å². The minimum absolute atomic E-state index is 0.267. The molecule has 0 aliphatic carbocycles. The second-order valence-electron chi connectivity index (χ2n) is 4.81. The van der Waals surface area contributed by atoms with E-state index in [4.69, 9.17) is 14.4 Å². The molecule has 1 unspecified atom stereocenters. The Morgan fingerprint density at radius 2 is 1.87 bits per heavy atom. The third kappa shape index (κ3) is 6.76. The molecule has 0 saturated carbocycles. The number of carboxylic acid groups (broad SMARTS) is 1. The molecule has 23 heavy (non-hydrogen) atoms. The van der Waals surface area contributed by atoms with Crippen LogP contribution in [0.5, 0.6) is 0 Å². The van der Waals surface area contributed by atoms with Gasteiger partial charge in [0.05, 0.1) is 0 Å². The Morgan fingerprint density at radius 1 is 1.26 bits per heavy atom. The predicted octanol–water partition coefficient (Wildman–Crippen LogP) is 0.612. The zero-order valence-corrected chi connectivity index (χ0v) is 13.3. The van der Waals surface area contributed by atoms with E-state index in [0.29, 0.717) is 12.0 Å². The number of carbonyl (C=O) groups is 2. The van der Waals surface area contributed by atoms with Crippen LogP contribution in [-0.4, -0.2) is 48.4 Å². The van der Waals surface area contributed by atoms with Gasteiger partial charge in [0, 0.05) is 6.61 Å². The highest BCUT2D eigenvalue weighted by Gasteiger charge is 2.30. The highest BCUT2D eigenvalue weighted by molar-refractivity contribution is 7.85. The van der Waals surface area contributed by atoms with Crippen LogP contribution in [0, 0.1) is 0 Å². The minimum atomic E-state index is -4.56. The maximum absolute atomic E-state index is 12.3. The van der Waals surface area contributed by atoms with Crippen LogP contribution in [0.1, 0.15) is 25.0 Å². The summed E-state index contributed by atoms with van der Waals surface area (Å²) in [6.07, 6.45) is -0.427. The van der Waals surface area contributed by atoms with Crippen molar-refractivity contribution in [3.05, 3.63) is 35.9 Å². The molecule has 0 aliphatic heterocycles. The standard InChI is InChI=1S/C14H19NO7S/c1-2-8-22-12(10-6-4-3-5-7-10)13(16)15-11(14(17)18)9-23(19,20)21/h3-7,11-12H,2,8-9H2,1H3,(H,15,16)(H,17,18)(H,19,20,21)/t11-,12?/m0/s1. The van der Waals surface area contributed by atoms with Gasteiger partial charge in [-0.05, 0) is 12.0 Å². The Labute approximate surface area is 134 Å². The fraction of sp³-hybridized carbons (Fsp3) is 0.429. The number of hydrogen-bond acceptors (Lipinski definition) is 5. The van der Waals surface area contributed by atoms with Gasteiger partial charge < -0.3 is 15.2 Å². The van der Waals surface area contributed by atoms with E-state index in [1.165, 1.54) is 0 Å². The van der Waals surface area contributed by atoms with Gasteiger partial charge in [-0.15, -0.1) is 0 Å². The molecule has 8 nitrogen and oxygen atoms in total. The zero-order chi connectivity index (χ0) is 17.5. The number of carbonyl (C=O) groups excluding carboxylic acids is 1. The molecule has 0 radical (unpaired) electrons. The Kier molecular flexibility index (Phi) is 7.14. The van der Waals surface area contributed by atoms with E-state index in [1.54, 1.807) is 30.3 Å². The van der Waals surface area contributed by atoms with Crippen molar-refractivity contribution >= 4 is 22.0 Å². The number of ether oxygens (including phenoxy) is 1. The number of benzene rings is 1. The number of rotatable bonds is 9. The minimum Gasteiger partial charge on any atom is -0.480 e. The molecule has 0 fully saturated rings. The highest BCUT2D eigenvalue weighted by Crippen LogP contribution is 2.18. The summed E-state index contributed by atoms with van der Waals surface area (Å²) in [6.45, 7) is 2.11. The van der Waals surface area contributed by atoms with Crippen molar-refractivity contribution in [3.8, 4) is 0 Å². The summed E-state index contributed by atoms with van der Waals surface area (Å²) in [7, 11) is -4.56. The Bertz CT molecular complexity index is 630. The summed E-state index contributed by atoms with van der Waals surface area (Å²) < 4.78 is 35.9. The molecule has 0 aliphatic rings. The molecule has 3 N–H and O–H groups in total. The normalized spacial score (nSPS) is 14.0. The third-order valence-electron chi connectivity index (χ3n) is 2.82. The van der Waals surface area contributed by atoms with Crippen molar-refractivity contribution in [1.29, 1.82) is 0 Å². The lowest BCUT2D eigenvalue weighted by molar-refractivity contribution is -0.144. The molecule has 128 valence electrons. The van der Waals surface area contributed by atoms with Crippen LogP contribution in [0.3, 0.4) is 0 Å². The van der Waals surface area contributed by atoms with Gasteiger partial charge in [-0.1, -0.05) is 37.3 Å². The molecule has 1 aromatic carbocycles. The lowest BCUT2D eigenvalue weighted by Gasteiger charge is -2.20. The SMILES string of the molecule is CCCOC(C(=O)N[C@@H](CS(=O)(=O)O)C(=O)O)c1ccccc1. The second-order valence-corrected chi connectivity index (χ2v) is 6.31. The van der Waals surface area contributed by atoms with Crippen molar-refractivity contribution in [2.75, 3.05) is 12.4 Å². The van der Waals surface area contributed by atoms with Gasteiger partial charge >= 0.3 is 5.97 Å². The quantitative estimate of drug-likeness (QED) is 0.559. The van der Waals surface area contributed by atoms with E-state index in [-0.39, 0.29) is 6.61 Å². The maximum Gasteiger partial charge on any atom is 0.327 e. The molecular formula is C14H19NO7S. The average Bonchev–Trinajstić information content (AvgIpc) is 2.46. The monoisotopic (exact) mass is 345 g/mol. The van der Waals surface area contributed by atoms with Crippen LogP contribution in [-0.2, 0) is 24.4 Å². The fourth-order valence-corrected chi connectivity index (χ4v) is 2.47. The van der Waals surface area contributed by atoms with Gasteiger partial charge in [-0.25, -0.2) is 4.79 Å². The summed E-state index contributed by atoms with van der Waals surface area (Å²) in [6, 6.07) is 6.64. The molecule has 0 saturated heterocycles. The van der Waals surface area contributed by atoms with Crippen LogP contribution in [0.4, 0.5) is 0 Å². The fourth-order valence-electron chi connectivity index (χ4n) is 1.82. The molecule has 2 atom stereocenters. The van der Waals surface area contributed by atoms with Gasteiger partial charge in [-0.2, -0.15) is 8.42 Å². The van der Waals surface area contributed by atoms with Crippen molar-refractivity contribution in [3.63, 3.8) is 0 Å². The summed E-state index contributed by atoms with van der Waals surface area (Å²) in [5.74, 6) is -3.48. The largest absolute Gasteiger partial charge is 0.480 e. The van der Waals surface area contributed by atoms with Crippen LogP contribution in [0.2, 0.25) is 0 Å². The number of aliphatic carboxylic acids is 1. The van der Waals surface area contributed by atoms with E-state index in [2.05, 4.69) is 5.32 Å². The Balaban J connectivity index is 2.93. The molecule has 0 heterocycles. The third-order valence-corrected chi connectivity index (χ3v) is 3.58. The van der Waals surface area contributed by atoms with Crippen molar-refractivity contribution in [2.45, 2.75) is 25.5 Å². The smallest absolute Gasteiger partial charge is 0.327 e. The molecule has 0 spiro atoms. The summed E-state index contributed by atoms with van der Waals surface area (Å²) in [5, 5.41) is 11.1. The predicted molar refractivity (Wildman–Crippen MR) is 81.4 cm³/mol. The molecule has 0 bridgehead atoms. The molecule has 1 amide bonds. The molecule has 0 aromatic heterocycles. The number of carboxylic acids is 1. The lowest BCUT2D eigenvalue weighted by atomic mass is 10.1. The highest BCUT2D eigenvalue weighted by atomic mass is 32.2. The number of nitrogens with one attached hydrogen (secondary N) is 1. The summed E-state index contributed by atoms with van der Waals surface area (Å²) in [5.41, 5.74) is 0.509. The van der Waals surface area contributed by atoms with E-state index in [9.17, 15) is 18.0 Å². The van der Waals surface area contributed by atoms with Crippen molar-refractivity contribution in [2.24, 2.45) is 0 Å². The number of hydrogen-bond donors (Lipinski definition) is 3. The second kappa shape index (κ2) is 8.61. The van der Waals surface area contributed by atoms with Gasteiger partial charge in [0.2, 0.25) is 0 Å². The maximum atomic E-state index is 12.3. The first-order valence-electron chi connectivity index (χ1n) is 6.89. The van der Waals surface area contributed by atoms with Crippen molar-refractivity contribution in [1.82, 2.24) is 5.32 Å². The van der Waals surface area contributed by atoms with Crippen molar-refractivity contribution < 1.29 is 32.4 Å². The van der Waals surface area contributed by atoms with Gasteiger partial charge in [0.15, 0.2) is 6.10 Å². The first kappa shape index (κ1) is 19.1. The lowest BCUT2D eigenvalue weighted by Crippen LogP contribution is -2.47.